The van der Waals surface area contributed by atoms with E-state index in [9.17, 15) is 4.79 Å². The molecule has 0 spiro atoms. The molecule has 0 fully saturated rings. The van der Waals surface area contributed by atoms with Gasteiger partial charge < -0.3 is 15.9 Å². The summed E-state index contributed by atoms with van der Waals surface area (Å²) < 4.78 is 5.80. The monoisotopic (exact) mass is 344 g/mol. The van der Waals surface area contributed by atoms with E-state index < -0.39 is 5.91 Å². The van der Waals surface area contributed by atoms with Gasteiger partial charge in [-0.3, -0.25) is 4.79 Å². The van der Waals surface area contributed by atoms with Crippen molar-refractivity contribution >= 4 is 33.7 Å². The zero-order valence-electron chi connectivity index (χ0n) is 14.1. The molecule has 1 aromatic heterocycles. The second-order valence-corrected chi connectivity index (χ2v) is 5.97. The van der Waals surface area contributed by atoms with Gasteiger partial charge in [0, 0.05) is 18.1 Å². The predicted octanol–water partition coefficient (Wildman–Crippen LogP) is 3.37. The van der Waals surface area contributed by atoms with Crippen molar-refractivity contribution < 1.29 is 9.21 Å². The van der Waals surface area contributed by atoms with Crippen LogP contribution in [-0.2, 0) is 0 Å². The molecule has 0 bridgehead atoms. The van der Waals surface area contributed by atoms with E-state index in [1.807, 2.05) is 49.4 Å². The average Bonchev–Trinajstić information content (AvgIpc) is 3.00. The van der Waals surface area contributed by atoms with Crippen molar-refractivity contribution in [2.24, 2.45) is 16.5 Å². The number of fused-ring (bicyclic) bond motifs is 2. The molecule has 4 N–H and O–H groups in total. The van der Waals surface area contributed by atoms with Crippen LogP contribution in [0, 0.1) is 6.92 Å². The van der Waals surface area contributed by atoms with E-state index in [0.29, 0.717) is 11.5 Å². The van der Waals surface area contributed by atoms with E-state index in [4.69, 9.17) is 15.9 Å². The molecule has 26 heavy (non-hydrogen) atoms. The lowest BCUT2D eigenvalue weighted by Crippen LogP contribution is -2.24. The Morgan fingerprint density at radius 1 is 1.04 bits per heavy atom. The van der Waals surface area contributed by atoms with Crippen molar-refractivity contribution in [2.75, 3.05) is 0 Å². The lowest BCUT2D eigenvalue weighted by Gasteiger charge is -2.08. The van der Waals surface area contributed by atoms with E-state index in [1.54, 1.807) is 12.1 Å². The van der Waals surface area contributed by atoms with Gasteiger partial charge in [-0.25, -0.2) is 4.98 Å². The van der Waals surface area contributed by atoms with Gasteiger partial charge in [0.2, 0.25) is 0 Å². The van der Waals surface area contributed by atoms with Gasteiger partial charge in [-0.05, 0) is 34.5 Å². The third-order valence-corrected chi connectivity index (χ3v) is 4.17. The minimum Gasteiger partial charge on any atom is -0.440 e. The molecule has 0 atom stereocenters. The van der Waals surface area contributed by atoms with Gasteiger partial charge in [0.15, 0.2) is 17.4 Å². The van der Waals surface area contributed by atoms with E-state index in [0.717, 1.165) is 33.0 Å². The van der Waals surface area contributed by atoms with E-state index >= 15 is 0 Å². The van der Waals surface area contributed by atoms with Crippen LogP contribution in [0.3, 0.4) is 0 Å². The van der Waals surface area contributed by atoms with Crippen molar-refractivity contribution in [1.82, 2.24) is 4.98 Å². The molecular weight excluding hydrogens is 328 g/mol. The largest absolute Gasteiger partial charge is 0.440 e. The minimum atomic E-state index is -0.476. The molecule has 4 rings (SSSR count). The summed E-state index contributed by atoms with van der Waals surface area (Å²) in [6, 6.07) is 17.1. The maximum Gasteiger partial charge on any atom is 0.280 e. The molecule has 0 aliphatic carbocycles. The first kappa shape index (κ1) is 15.8. The molecule has 4 aromatic rings. The van der Waals surface area contributed by atoms with Gasteiger partial charge in [-0.1, -0.05) is 36.4 Å². The summed E-state index contributed by atoms with van der Waals surface area (Å²) >= 11 is 0. The van der Waals surface area contributed by atoms with E-state index in [-0.39, 0.29) is 5.96 Å². The summed E-state index contributed by atoms with van der Waals surface area (Å²) in [5, 5.41) is 1.91. The Morgan fingerprint density at radius 3 is 2.62 bits per heavy atom. The number of nitrogens with zero attached hydrogens (tertiary/aromatic N) is 2. The predicted molar refractivity (Wildman–Crippen MR) is 102 cm³/mol. The van der Waals surface area contributed by atoms with Crippen LogP contribution in [-0.4, -0.2) is 16.9 Å². The topological polar surface area (TPSA) is 108 Å². The van der Waals surface area contributed by atoms with Crippen LogP contribution in [0.4, 0.5) is 0 Å². The molecule has 0 aliphatic heterocycles. The number of aryl methyl sites for hydroxylation is 1. The number of aliphatic imine (C=N–C) groups is 1. The Morgan fingerprint density at radius 2 is 1.81 bits per heavy atom. The number of nitrogens with two attached hydrogens (primary N) is 2. The summed E-state index contributed by atoms with van der Waals surface area (Å²) in [6.07, 6.45) is 0. The normalized spacial score (nSPS) is 11.0. The lowest BCUT2D eigenvalue weighted by molar-refractivity contribution is 0.100. The van der Waals surface area contributed by atoms with Gasteiger partial charge in [0.05, 0.1) is 0 Å². The quantitative estimate of drug-likeness (QED) is 0.428. The highest BCUT2D eigenvalue weighted by Crippen LogP contribution is 2.34. The van der Waals surface area contributed by atoms with Crippen molar-refractivity contribution in [3.63, 3.8) is 0 Å². The molecule has 0 unspecified atom stereocenters. The molecule has 0 saturated heterocycles. The number of aromatic nitrogens is 1. The number of guanidine groups is 1. The van der Waals surface area contributed by atoms with Crippen molar-refractivity contribution in [3.05, 3.63) is 66.1 Å². The Bertz CT molecular complexity index is 1190. The van der Waals surface area contributed by atoms with E-state index in [1.165, 1.54) is 0 Å². The fourth-order valence-electron chi connectivity index (χ4n) is 3.09. The highest BCUT2D eigenvalue weighted by molar-refractivity contribution is 6.08. The number of hydrogen-bond acceptors (Lipinski definition) is 3. The first-order valence-corrected chi connectivity index (χ1v) is 8.06. The average molecular weight is 344 g/mol. The van der Waals surface area contributed by atoms with Crippen LogP contribution in [0.1, 0.15) is 16.2 Å². The van der Waals surface area contributed by atoms with Gasteiger partial charge >= 0.3 is 0 Å². The second-order valence-electron chi connectivity index (χ2n) is 5.97. The number of para-hydroxylation sites is 1. The zero-order valence-corrected chi connectivity index (χ0v) is 14.1. The number of benzene rings is 3. The van der Waals surface area contributed by atoms with Crippen LogP contribution < -0.4 is 11.5 Å². The molecule has 0 aliphatic rings. The Labute approximate surface area is 149 Å². The maximum atomic E-state index is 12.2. The summed E-state index contributed by atoms with van der Waals surface area (Å²) in [4.78, 5) is 20.2. The van der Waals surface area contributed by atoms with Crippen LogP contribution in [0.5, 0.6) is 0 Å². The third kappa shape index (κ3) is 2.67. The zero-order chi connectivity index (χ0) is 18.3. The number of oxazole rings is 1. The number of carbonyl (C=O) groups is 1. The van der Waals surface area contributed by atoms with E-state index in [2.05, 4.69) is 9.98 Å². The lowest BCUT2D eigenvalue weighted by atomic mass is 9.96. The van der Waals surface area contributed by atoms with Crippen LogP contribution in [0.25, 0.3) is 33.0 Å². The first-order valence-electron chi connectivity index (χ1n) is 8.06. The van der Waals surface area contributed by atoms with Crippen LogP contribution >= 0.6 is 0 Å². The Kier molecular flexibility index (Phi) is 3.65. The molecule has 3 aromatic carbocycles. The smallest absolute Gasteiger partial charge is 0.280 e. The summed E-state index contributed by atoms with van der Waals surface area (Å²) in [7, 11) is 0. The SMILES string of the molecule is Cc1nc2cccc(-c3cccc4ccc(C(=O)N=C(N)N)cc34)c2o1. The summed E-state index contributed by atoms with van der Waals surface area (Å²) in [6.45, 7) is 1.82. The first-order chi connectivity index (χ1) is 12.5. The summed E-state index contributed by atoms with van der Waals surface area (Å²) in [5.41, 5.74) is 14.4. The highest BCUT2D eigenvalue weighted by Gasteiger charge is 2.13. The fourth-order valence-corrected chi connectivity index (χ4v) is 3.09. The van der Waals surface area contributed by atoms with Gasteiger partial charge in [0.25, 0.3) is 5.91 Å². The van der Waals surface area contributed by atoms with Crippen LogP contribution in [0.15, 0.2) is 64.0 Å². The maximum absolute atomic E-state index is 12.2. The van der Waals surface area contributed by atoms with Crippen LogP contribution in [0.2, 0.25) is 0 Å². The van der Waals surface area contributed by atoms with Crippen molar-refractivity contribution in [1.29, 1.82) is 0 Å². The standard InChI is InChI=1S/C20H16N4O2/c1-11-23-17-7-3-6-15(18(17)26-11)14-5-2-4-12-8-9-13(10-16(12)14)19(25)24-20(21)22/h2-10H,1H3,(H4,21,22,24,25). The minimum absolute atomic E-state index is 0.259. The fraction of sp³-hybridized carbons (Fsp3) is 0.0500. The second kappa shape index (κ2) is 6.00. The highest BCUT2D eigenvalue weighted by atomic mass is 16.3. The number of rotatable bonds is 2. The van der Waals surface area contributed by atoms with Crippen molar-refractivity contribution in [2.45, 2.75) is 6.92 Å². The third-order valence-electron chi connectivity index (χ3n) is 4.17. The Hall–Kier alpha value is -3.67. The molecule has 0 saturated carbocycles. The molecule has 128 valence electrons. The number of amides is 1. The summed E-state index contributed by atoms with van der Waals surface area (Å²) in [5.74, 6) is -0.128. The number of carbonyl (C=O) groups excluding carboxylic acids is 1. The van der Waals surface area contributed by atoms with Gasteiger partial charge in [0.1, 0.15) is 5.52 Å². The molecule has 1 heterocycles. The van der Waals surface area contributed by atoms with Gasteiger partial charge in [-0.2, -0.15) is 4.99 Å². The van der Waals surface area contributed by atoms with Gasteiger partial charge in [-0.15, -0.1) is 0 Å². The molecule has 0 radical (unpaired) electrons. The molecule has 1 amide bonds. The molecule has 6 nitrogen and oxygen atoms in total. The Balaban J connectivity index is 1.97. The van der Waals surface area contributed by atoms with Crippen molar-refractivity contribution in [3.8, 4) is 11.1 Å². The molecular formula is C20H16N4O2. The number of hydrogen-bond donors (Lipinski definition) is 2. The molecule has 6 heteroatoms.